The molecule has 0 amide bonds. The van der Waals surface area contributed by atoms with Gasteiger partial charge in [-0.3, -0.25) is 18.7 Å². The van der Waals surface area contributed by atoms with Crippen molar-refractivity contribution in [1.29, 1.82) is 0 Å². The highest BCUT2D eigenvalue weighted by Gasteiger charge is 2.22. The number of aryl methyl sites for hydroxylation is 2. The number of piperazine rings is 2. The van der Waals surface area contributed by atoms with Crippen molar-refractivity contribution in [3.63, 3.8) is 0 Å². The summed E-state index contributed by atoms with van der Waals surface area (Å²) < 4.78 is 3.29. The summed E-state index contributed by atoms with van der Waals surface area (Å²) in [5, 5.41) is 25.3. The molecule has 6 aromatic rings. The molecule has 0 atom stereocenters. The van der Waals surface area contributed by atoms with Crippen LogP contribution in [0, 0.1) is 0 Å². The fourth-order valence-electron chi connectivity index (χ4n) is 7.09. The van der Waals surface area contributed by atoms with Gasteiger partial charge < -0.3 is 29.5 Å². The molecular weight excluding hydrogens is 761 g/mol. The minimum atomic E-state index is -0.151. The van der Waals surface area contributed by atoms with E-state index in [-0.39, 0.29) is 17.7 Å². The van der Waals surface area contributed by atoms with Crippen LogP contribution in [0.2, 0.25) is 0 Å². The predicted octanol–water partition coefficient (Wildman–Crippen LogP) is 2.94. The number of aromatic nitrogens is 8. The minimum Gasteiger partial charge on any atom is -0.396 e. The SMILES string of the molecule is CN1CCN(c2nc(CCC=O)cn(-c3ccc(-c4cccnn4)cc3)c2=O)CC1.CN1CCN(c2nc(CCCO)cn(-c3ccc(-c4cccnn4)cc3)c2=O)CC1. The van der Waals surface area contributed by atoms with E-state index in [2.05, 4.69) is 59.2 Å². The van der Waals surface area contributed by atoms with Crippen molar-refractivity contribution in [2.75, 3.05) is 82.9 Å². The smallest absolute Gasteiger partial charge is 0.298 e. The zero-order valence-electron chi connectivity index (χ0n) is 34.0. The molecule has 0 aliphatic carbocycles. The van der Waals surface area contributed by atoms with Gasteiger partial charge in [0.05, 0.1) is 22.8 Å². The van der Waals surface area contributed by atoms with Gasteiger partial charge in [0, 0.05) is 113 Å². The van der Waals surface area contributed by atoms with Gasteiger partial charge in [-0.2, -0.15) is 20.4 Å². The van der Waals surface area contributed by atoms with Crippen molar-refractivity contribution in [2.45, 2.75) is 25.7 Å². The Morgan fingerprint density at radius 3 is 1.42 bits per heavy atom. The summed E-state index contributed by atoms with van der Waals surface area (Å²) in [6.07, 6.45) is 9.78. The molecule has 6 heterocycles. The molecule has 310 valence electrons. The number of hydrogen-bond donors (Lipinski definition) is 1. The van der Waals surface area contributed by atoms with Crippen molar-refractivity contribution in [3.8, 4) is 33.9 Å². The fourth-order valence-corrected chi connectivity index (χ4v) is 7.09. The number of nitrogens with zero attached hydrogens (tertiary/aromatic N) is 12. The van der Waals surface area contributed by atoms with Crippen LogP contribution in [0.15, 0.2) is 107 Å². The molecule has 16 heteroatoms. The first-order valence-corrected chi connectivity index (χ1v) is 20.2. The zero-order chi connectivity index (χ0) is 41.8. The quantitative estimate of drug-likeness (QED) is 0.179. The molecule has 2 fully saturated rings. The first kappa shape index (κ1) is 41.7. The van der Waals surface area contributed by atoms with Crippen molar-refractivity contribution in [2.24, 2.45) is 0 Å². The Labute approximate surface area is 348 Å². The highest BCUT2D eigenvalue weighted by atomic mass is 16.3. The van der Waals surface area contributed by atoms with Crippen LogP contribution in [0.25, 0.3) is 33.9 Å². The Balaban J connectivity index is 0.000000181. The van der Waals surface area contributed by atoms with E-state index in [4.69, 9.17) is 0 Å². The summed E-state index contributed by atoms with van der Waals surface area (Å²) >= 11 is 0. The largest absolute Gasteiger partial charge is 0.396 e. The third kappa shape index (κ3) is 10.2. The second-order valence-electron chi connectivity index (χ2n) is 14.9. The molecule has 4 aromatic heterocycles. The Morgan fingerprint density at radius 2 is 1.03 bits per heavy atom. The first-order chi connectivity index (χ1) is 29.3. The van der Waals surface area contributed by atoms with E-state index < -0.39 is 0 Å². The van der Waals surface area contributed by atoms with Crippen LogP contribution in [0.4, 0.5) is 11.6 Å². The van der Waals surface area contributed by atoms with Gasteiger partial charge in [-0.25, -0.2) is 9.97 Å². The highest BCUT2D eigenvalue weighted by molar-refractivity contribution is 5.61. The summed E-state index contributed by atoms with van der Waals surface area (Å²) in [5.41, 5.74) is 6.20. The van der Waals surface area contributed by atoms with Gasteiger partial charge in [-0.05, 0) is 81.9 Å². The minimum absolute atomic E-state index is 0.0947. The van der Waals surface area contributed by atoms with Gasteiger partial charge in [0.25, 0.3) is 11.1 Å². The number of hydrogen-bond acceptors (Lipinski definition) is 14. The summed E-state index contributed by atoms with van der Waals surface area (Å²) in [5.74, 6) is 0.932. The normalized spacial score (nSPS) is 14.7. The molecular formula is C44H50N12O4. The Hall–Kier alpha value is -6.49. The average molecular weight is 811 g/mol. The van der Waals surface area contributed by atoms with Crippen LogP contribution in [0.3, 0.4) is 0 Å². The molecule has 0 spiro atoms. The lowest BCUT2D eigenvalue weighted by molar-refractivity contribution is -0.107. The molecule has 16 nitrogen and oxygen atoms in total. The van der Waals surface area contributed by atoms with Crippen molar-refractivity contribution in [1.82, 2.24) is 49.3 Å². The molecule has 1 N–H and O–H groups in total. The Morgan fingerprint density at radius 1 is 0.600 bits per heavy atom. The molecule has 0 radical (unpaired) electrons. The van der Waals surface area contributed by atoms with Gasteiger partial charge in [0.1, 0.15) is 6.29 Å². The summed E-state index contributed by atoms with van der Waals surface area (Å²) in [6, 6.07) is 22.8. The third-order valence-corrected chi connectivity index (χ3v) is 10.6. The monoisotopic (exact) mass is 810 g/mol. The van der Waals surface area contributed by atoms with Gasteiger partial charge in [-0.15, -0.1) is 0 Å². The molecule has 60 heavy (non-hydrogen) atoms. The summed E-state index contributed by atoms with van der Waals surface area (Å²) in [6.45, 7) is 6.70. The predicted molar refractivity (Wildman–Crippen MR) is 231 cm³/mol. The zero-order valence-corrected chi connectivity index (χ0v) is 34.0. The molecule has 2 aliphatic rings. The number of benzene rings is 2. The summed E-state index contributed by atoms with van der Waals surface area (Å²) in [7, 11) is 4.15. The van der Waals surface area contributed by atoms with E-state index in [1.54, 1.807) is 33.9 Å². The number of anilines is 2. The number of rotatable bonds is 12. The number of carbonyl (C=O) groups is 1. The van der Waals surface area contributed by atoms with E-state index in [1.165, 1.54) is 0 Å². The van der Waals surface area contributed by atoms with Crippen molar-refractivity contribution < 1.29 is 9.90 Å². The lowest BCUT2D eigenvalue weighted by Gasteiger charge is -2.33. The number of aliphatic hydroxyl groups is 1. The maximum atomic E-state index is 13.3. The topological polar surface area (TPSA) is 172 Å². The fraction of sp³-hybridized carbons (Fsp3) is 0.341. The van der Waals surface area contributed by atoms with Crippen LogP contribution in [0.1, 0.15) is 24.2 Å². The molecule has 2 aliphatic heterocycles. The maximum Gasteiger partial charge on any atom is 0.298 e. The second-order valence-corrected chi connectivity index (χ2v) is 14.9. The van der Waals surface area contributed by atoms with Gasteiger partial charge in [0.15, 0.2) is 11.6 Å². The maximum absolute atomic E-state index is 13.3. The highest BCUT2D eigenvalue weighted by Crippen LogP contribution is 2.21. The van der Waals surface area contributed by atoms with E-state index in [1.807, 2.05) is 77.7 Å². The van der Waals surface area contributed by atoms with Crippen LogP contribution in [0.5, 0.6) is 0 Å². The lowest BCUT2D eigenvalue weighted by Crippen LogP contribution is -2.47. The molecule has 8 rings (SSSR count). The summed E-state index contributed by atoms with van der Waals surface area (Å²) in [4.78, 5) is 55.3. The number of likely N-dealkylation sites (N-methyl/N-ethyl adjacent to an activating group) is 2. The lowest BCUT2D eigenvalue weighted by atomic mass is 10.1. The van der Waals surface area contributed by atoms with Crippen LogP contribution in [-0.4, -0.2) is 134 Å². The van der Waals surface area contributed by atoms with E-state index in [9.17, 15) is 19.5 Å². The van der Waals surface area contributed by atoms with Crippen LogP contribution in [-0.2, 0) is 17.6 Å². The first-order valence-electron chi connectivity index (χ1n) is 20.2. The van der Waals surface area contributed by atoms with Gasteiger partial charge >= 0.3 is 0 Å². The molecule has 0 unspecified atom stereocenters. The Kier molecular flexibility index (Phi) is 13.9. The Bertz CT molecular complexity index is 2430. The van der Waals surface area contributed by atoms with Crippen molar-refractivity contribution >= 4 is 17.9 Å². The molecule has 0 saturated carbocycles. The van der Waals surface area contributed by atoms with Gasteiger partial charge in [0.2, 0.25) is 0 Å². The van der Waals surface area contributed by atoms with E-state index in [0.717, 1.165) is 104 Å². The van der Waals surface area contributed by atoms with Gasteiger partial charge in [-0.1, -0.05) is 24.3 Å². The van der Waals surface area contributed by atoms with Crippen molar-refractivity contribution in [3.05, 3.63) is 130 Å². The number of carbonyl (C=O) groups excluding carboxylic acids is 1. The standard InChI is InChI=1S/C22H26N6O2.C22H24N6O2/c2*1-26-11-13-27(14-12-26)21-22(30)28(16-18(24-21)4-3-15-29)19-8-6-17(7-9-19)20-5-2-10-23-25-20/h2,5-10,16,29H,3-4,11-15H2,1H3;2,5-10,15-16H,3-4,11-14H2,1H3. The number of aldehydes is 1. The average Bonchev–Trinajstić information content (AvgIpc) is 3.30. The number of aliphatic hydroxyl groups excluding tert-OH is 1. The molecule has 0 bridgehead atoms. The molecule has 2 aromatic carbocycles. The van der Waals surface area contributed by atoms with E-state index in [0.29, 0.717) is 37.3 Å². The second kappa shape index (κ2) is 20.0. The van der Waals surface area contributed by atoms with Crippen LogP contribution >= 0.6 is 0 Å². The molecule has 2 saturated heterocycles. The third-order valence-electron chi connectivity index (χ3n) is 10.6. The van der Waals surface area contributed by atoms with E-state index >= 15 is 0 Å². The van der Waals surface area contributed by atoms with Crippen LogP contribution < -0.4 is 20.9 Å².